The maximum Gasteiger partial charge on any atom is 0.416 e. The summed E-state index contributed by atoms with van der Waals surface area (Å²) in [5, 5.41) is 0. The normalized spacial score (nSPS) is 11.9. The van der Waals surface area contributed by atoms with Gasteiger partial charge >= 0.3 is 6.18 Å². The van der Waals surface area contributed by atoms with Crippen LogP contribution in [0.25, 0.3) is 11.3 Å². The fraction of sp³-hybridized carbons (Fsp3) is 0.308. The smallest absolute Gasteiger partial charge is 0.383 e. The second kappa shape index (κ2) is 4.81. The molecule has 2 N–H and O–H groups in total. The molecular weight excluding hydrogens is 274 g/mol. The van der Waals surface area contributed by atoms with E-state index >= 15 is 0 Å². The third kappa shape index (κ3) is 2.48. The summed E-state index contributed by atoms with van der Waals surface area (Å²) in [5.74, 6) is -0.181. The average Bonchev–Trinajstić information content (AvgIpc) is 2.62. The standard InChI is InChI=1S/C13H13F4N3/c1-3-20-7(2)19-11(12(20)18)8-4-9(13(15,16)17)6-10(14)5-8/h4-6H,3,18H2,1-2H3. The van der Waals surface area contributed by atoms with Crippen LogP contribution in [0, 0.1) is 12.7 Å². The molecule has 0 aliphatic heterocycles. The van der Waals surface area contributed by atoms with Gasteiger partial charge in [0.2, 0.25) is 0 Å². The van der Waals surface area contributed by atoms with E-state index in [1.807, 2.05) is 6.92 Å². The molecule has 0 fully saturated rings. The van der Waals surface area contributed by atoms with Crippen LogP contribution in [-0.2, 0) is 12.7 Å². The van der Waals surface area contributed by atoms with Crippen LogP contribution in [0.2, 0.25) is 0 Å². The molecule has 0 aliphatic carbocycles. The molecule has 1 aromatic heterocycles. The van der Waals surface area contributed by atoms with Gasteiger partial charge in [0.05, 0.1) is 5.56 Å². The average molecular weight is 287 g/mol. The summed E-state index contributed by atoms with van der Waals surface area (Å²) >= 11 is 0. The molecule has 0 saturated heterocycles. The largest absolute Gasteiger partial charge is 0.416 e. The van der Waals surface area contributed by atoms with E-state index in [0.717, 1.165) is 12.1 Å². The second-order valence-corrected chi connectivity index (χ2v) is 4.36. The number of hydrogen-bond acceptors (Lipinski definition) is 2. The molecule has 2 rings (SSSR count). The van der Waals surface area contributed by atoms with Gasteiger partial charge in [-0.1, -0.05) is 0 Å². The molecule has 0 radical (unpaired) electrons. The van der Waals surface area contributed by atoms with E-state index in [-0.39, 0.29) is 17.1 Å². The first-order valence-electron chi connectivity index (χ1n) is 5.94. The number of alkyl halides is 3. The lowest BCUT2D eigenvalue weighted by Crippen LogP contribution is -2.06. The highest BCUT2D eigenvalue weighted by Gasteiger charge is 2.32. The van der Waals surface area contributed by atoms with Crippen molar-refractivity contribution < 1.29 is 17.6 Å². The predicted octanol–water partition coefficient (Wildman–Crippen LogP) is 3.62. The number of nitrogens with two attached hydrogens (primary N) is 1. The topological polar surface area (TPSA) is 43.8 Å². The Hall–Kier alpha value is -2.05. The number of aromatic nitrogens is 2. The summed E-state index contributed by atoms with van der Waals surface area (Å²) in [6.45, 7) is 4.06. The van der Waals surface area contributed by atoms with Gasteiger partial charge in [0.25, 0.3) is 0 Å². The molecule has 1 aromatic carbocycles. The van der Waals surface area contributed by atoms with Crippen molar-refractivity contribution in [2.24, 2.45) is 0 Å². The molecular formula is C13H13F4N3. The molecule has 1 heterocycles. The summed E-state index contributed by atoms with van der Waals surface area (Å²) in [7, 11) is 0. The highest BCUT2D eigenvalue weighted by molar-refractivity contribution is 5.71. The lowest BCUT2D eigenvalue weighted by atomic mass is 10.1. The van der Waals surface area contributed by atoms with E-state index in [1.54, 1.807) is 11.5 Å². The fourth-order valence-corrected chi connectivity index (χ4v) is 2.08. The predicted molar refractivity (Wildman–Crippen MR) is 67.4 cm³/mol. The van der Waals surface area contributed by atoms with Crippen LogP contribution in [0.5, 0.6) is 0 Å². The quantitative estimate of drug-likeness (QED) is 0.857. The van der Waals surface area contributed by atoms with Gasteiger partial charge in [-0.3, -0.25) is 0 Å². The lowest BCUT2D eigenvalue weighted by Gasteiger charge is -2.09. The molecule has 2 aromatic rings. The fourth-order valence-electron chi connectivity index (χ4n) is 2.08. The van der Waals surface area contributed by atoms with Crippen LogP contribution in [0.4, 0.5) is 23.4 Å². The van der Waals surface area contributed by atoms with Crippen molar-refractivity contribution in [1.29, 1.82) is 0 Å². The first kappa shape index (κ1) is 14.4. The lowest BCUT2D eigenvalue weighted by molar-refractivity contribution is -0.137. The van der Waals surface area contributed by atoms with E-state index in [2.05, 4.69) is 4.98 Å². The molecule has 0 saturated carbocycles. The molecule has 0 unspecified atom stereocenters. The molecule has 20 heavy (non-hydrogen) atoms. The summed E-state index contributed by atoms with van der Waals surface area (Å²) in [4.78, 5) is 4.12. The van der Waals surface area contributed by atoms with Crippen LogP contribution < -0.4 is 5.73 Å². The van der Waals surface area contributed by atoms with Gasteiger partial charge in [0.15, 0.2) is 0 Å². The highest BCUT2D eigenvalue weighted by atomic mass is 19.4. The highest BCUT2D eigenvalue weighted by Crippen LogP contribution is 2.34. The van der Waals surface area contributed by atoms with Crippen molar-refractivity contribution in [3.05, 3.63) is 35.4 Å². The Morgan fingerprint density at radius 2 is 1.90 bits per heavy atom. The van der Waals surface area contributed by atoms with Gasteiger partial charge < -0.3 is 10.3 Å². The van der Waals surface area contributed by atoms with Crippen molar-refractivity contribution in [2.75, 3.05) is 5.73 Å². The zero-order valence-electron chi connectivity index (χ0n) is 10.9. The molecule has 0 bridgehead atoms. The van der Waals surface area contributed by atoms with E-state index in [0.29, 0.717) is 18.4 Å². The first-order chi connectivity index (χ1) is 9.24. The van der Waals surface area contributed by atoms with Crippen LogP contribution in [0.3, 0.4) is 0 Å². The number of nitrogens with zero attached hydrogens (tertiary/aromatic N) is 2. The number of anilines is 1. The number of benzene rings is 1. The Morgan fingerprint density at radius 3 is 2.40 bits per heavy atom. The maximum atomic E-state index is 13.4. The number of hydrogen-bond donors (Lipinski definition) is 1. The Labute approximate surface area is 113 Å². The van der Waals surface area contributed by atoms with Crippen molar-refractivity contribution in [3.63, 3.8) is 0 Å². The minimum Gasteiger partial charge on any atom is -0.383 e. The number of halogens is 4. The first-order valence-corrected chi connectivity index (χ1v) is 5.94. The van der Waals surface area contributed by atoms with E-state index in [9.17, 15) is 17.6 Å². The van der Waals surface area contributed by atoms with Gasteiger partial charge in [-0.05, 0) is 32.0 Å². The van der Waals surface area contributed by atoms with Crippen molar-refractivity contribution in [1.82, 2.24) is 9.55 Å². The van der Waals surface area contributed by atoms with Gasteiger partial charge in [-0.2, -0.15) is 13.2 Å². The van der Waals surface area contributed by atoms with E-state index in [4.69, 9.17) is 5.73 Å². The molecule has 0 spiro atoms. The SMILES string of the molecule is CCn1c(C)nc(-c2cc(F)cc(C(F)(F)F)c2)c1N. The van der Waals surface area contributed by atoms with Crippen LogP contribution in [-0.4, -0.2) is 9.55 Å². The molecule has 0 atom stereocenters. The summed E-state index contributed by atoms with van der Waals surface area (Å²) in [6, 6.07) is 2.29. The van der Waals surface area contributed by atoms with Gasteiger partial charge in [-0.15, -0.1) is 0 Å². The summed E-state index contributed by atoms with van der Waals surface area (Å²) in [5.41, 5.74) is 4.97. The minimum atomic E-state index is -4.62. The number of imidazole rings is 1. The van der Waals surface area contributed by atoms with Gasteiger partial charge in [0.1, 0.15) is 23.2 Å². The van der Waals surface area contributed by atoms with Crippen molar-refractivity contribution in [2.45, 2.75) is 26.6 Å². The zero-order valence-corrected chi connectivity index (χ0v) is 10.9. The van der Waals surface area contributed by atoms with Gasteiger partial charge in [0, 0.05) is 12.1 Å². The Morgan fingerprint density at radius 1 is 1.25 bits per heavy atom. The Balaban J connectivity index is 2.62. The van der Waals surface area contributed by atoms with E-state index < -0.39 is 17.6 Å². The van der Waals surface area contributed by atoms with E-state index in [1.165, 1.54) is 0 Å². The maximum absolute atomic E-state index is 13.4. The van der Waals surface area contributed by atoms with Crippen LogP contribution in [0.15, 0.2) is 18.2 Å². The Bertz CT molecular complexity index is 644. The van der Waals surface area contributed by atoms with Crippen molar-refractivity contribution >= 4 is 5.82 Å². The molecule has 7 heteroatoms. The molecule has 3 nitrogen and oxygen atoms in total. The monoisotopic (exact) mass is 287 g/mol. The summed E-state index contributed by atoms with van der Waals surface area (Å²) < 4.78 is 53.1. The van der Waals surface area contributed by atoms with Crippen LogP contribution >= 0.6 is 0 Å². The molecule has 108 valence electrons. The third-order valence-corrected chi connectivity index (χ3v) is 3.01. The zero-order chi connectivity index (χ0) is 15.1. The van der Waals surface area contributed by atoms with Crippen molar-refractivity contribution in [3.8, 4) is 11.3 Å². The minimum absolute atomic E-state index is 0.0186. The number of aryl methyl sites for hydroxylation is 1. The van der Waals surface area contributed by atoms with Crippen LogP contribution in [0.1, 0.15) is 18.3 Å². The van der Waals surface area contributed by atoms with Gasteiger partial charge in [-0.25, -0.2) is 9.37 Å². The Kier molecular flexibility index (Phi) is 3.45. The molecule has 0 amide bonds. The number of rotatable bonds is 2. The summed E-state index contributed by atoms with van der Waals surface area (Å²) in [6.07, 6.45) is -4.62. The number of nitrogen functional groups attached to an aromatic ring is 1. The molecule has 0 aliphatic rings. The third-order valence-electron chi connectivity index (χ3n) is 3.01. The second-order valence-electron chi connectivity index (χ2n) is 4.36.